The van der Waals surface area contributed by atoms with Crippen molar-refractivity contribution in [2.24, 2.45) is 5.92 Å². The summed E-state index contributed by atoms with van der Waals surface area (Å²) in [5, 5.41) is 2.43. The van der Waals surface area contributed by atoms with Crippen LogP contribution < -0.4 is 5.32 Å². The maximum Gasteiger partial charge on any atom is 0.419 e. The van der Waals surface area contributed by atoms with Crippen molar-refractivity contribution < 1.29 is 45.5 Å². The van der Waals surface area contributed by atoms with Gasteiger partial charge in [0, 0.05) is 42.2 Å². The monoisotopic (exact) mass is 693 g/mol. The van der Waals surface area contributed by atoms with Crippen LogP contribution in [0.5, 0.6) is 0 Å². The van der Waals surface area contributed by atoms with Crippen molar-refractivity contribution >= 4 is 58.0 Å². The molecule has 5 nitrogen and oxygen atoms in total. The van der Waals surface area contributed by atoms with E-state index in [2.05, 4.69) is 5.32 Å². The summed E-state index contributed by atoms with van der Waals surface area (Å²) in [7, 11) is 0. The van der Waals surface area contributed by atoms with Crippen LogP contribution in [0.25, 0.3) is 0 Å². The van der Waals surface area contributed by atoms with E-state index in [0.29, 0.717) is 12.1 Å². The molecule has 3 aromatic carbocycles. The van der Waals surface area contributed by atoms with Gasteiger partial charge >= 0.3 is 6.18 Å². The lowest BCUT2D eigenvalue weighted by Gasteiger charge is -2.13. The number of hydrogen-bond acceptors (Lipinski definition) is 4. The number of nitrogens with one attached hydrogen (secondary N) is 1. The van der Waals surface area contributed by atoms with Gasteiger partial charge in [-0.2, -0.15) is 13.2 Å². The number of anilines is 1. The number of alkyl halides is 5. The van der Waals surface area contributed by atoms with Crippen LogP contribution in [-0.4, -0.2) is 34.5 Å². The number of carbonyl (C=O) groups excluding carboxylic acids is 3. The zero-order chi connectivity index (χ0) is 33.4. The smallest absolute Gasteiger partial charge is 0.371 e. The maximum absolute atomic E-state index is 15.2. The topological polar surface area (TPSA) is 72.5 Å². The molecule has 3 atom stereocenters. The highest BCUT2D eigenvalue weighted by molar-refractivity contribution is 6.53. The van der Waals surface area contributed by atoms with Gasteiger partial charge in [0.1, 0.15) is 27.9 Å². The molecule has 1 amide bonds. The largest absolute Gasteiger partial charge is 0.419 e. The first-order valence-electron chi connectivity index (χ1n) is 13.4. The second kappa shape index (κ2) is 13.3. The number of ketones is 2. The normalized spacial score (nSPS) is 17.9. The van der Waals surface area contributed by atoms with Gasteiger partial charge in [0.05, 0.1) is 16.5 Å². The molecule has 14 heteroatoms. The first-order chi connectivity index (χ1) is 21.0. The Morgan fingerprint density at radius 3 is 2.29 bits per heavy atom. The molecular weight excluding hydrogens is 671 g/mol. The van der Waals surface area contributed by atoms with Gasteiger partial charge in [-0.3, -0.25) is 14.4 Å². The SMILES string of the molecule is CCOC(C)C(=O)Cc1c(F)ccc(CC(=O)c2cc(NC(=O)[C@H]3[C@H](c4ccc(F)c(C(F)(F)F)c4)C3(Cl)Cl)ccc2Cl)c1F. The van der Waals surface area contributed by atoms with Gasteiger partial charge in [-0.25, -0.2) is 13.2 Å². The van der Waals surface area contributed by atoms with Crippen LogP contribution in [-0.2, 0) is 33.3 Å². The number of hydrogen-bond donors (Lipinski definition) is 1. The highest BCUT2D eigenvalue weighted by atomic mass is 35.5. The third kappa shape index (κ3) is 7.48. The molecule has 1 unspecified atom stereocenters. The Kier molecular flexibility index (Phi) is 10.3. The van der Waals surface area contributed by atoms with E-state index in [1.54, 1.807) is 6.92 Å². The Morgan fingerprint density at radius 2 is 1.64 bits per heavy atom. The van der Waals surface area contributed by atoms with Crippen molar-refractivity contribution in [2.45, 2.75) is 49.2 Å². The van der Waals surface area contributed by atoms with E-state index in [1.807, 2.05) is 0 Å². The summed E-state index contributed by atoms with van der Waals surface area (Å²) in [6.45, 7) is 3.35. The van der Waals surface area contributed by atoms with Crippen molar-refractivity contribution in [3.63, 3.8) is 0 Å². The van der Waals surface area contributed by atoms with Gasteiger partial charge in [-0.15, -0.1) is 23.2 Å². The Balaban J connectivity index is 1.51. The number of ether oxygens (including phenoxy) is 1. The van der Waals surface area contributed by atoms with Gasteiger partial charge < -0.3 is 10.1 Å². The molecule has 0 saturated heterocycles. The molecule has 1 aliphatic rings. The van der Waals surface area contributed by atoms with Crippen LogP contribution in [0, 0.1) is 23.4 Å². The first-order valence-corrected chi connectivity index (χ1v) is 14.6. The predicted molar refractivity (Wildman–Crippen MR) is 156 cm³/mol. The Hall–Kier alpha value is -3.12. The van der Waals surface area contributed by atoms with Crippen molar-refractivity contribution in [1.82, 2.24) is 0 Å². The molecule has 1 N–H and O–H groups in total. The summed E-state index contributed by atoms with van der Waals surface area (Å²) < 4.78 is 86.4. The van der Waals surface area contributed by atoms with Crippen molar-refractivity contribution in [3.8, 4) is 0 Å². The van der Waals surface area contributed by atoms with E-state index < -0.39 is 87.3 Å². The van der Waals surface area contributed by atoms with Gasteiger partial charge in [0.15, 0.2) is 11.6 Å². The van der Waals surface area contributed by atoms with Crippen LogP contribution in [0.2, 0.25) is 5.02 Å². The molecule has 0 heterocycles. The van der Waals surface area contributed by atoms with Crippen LogP contribution >= 0.6 is 34.8 Å². The van der Waals surface area contributed by atoms with Crippen LogP contribution in [0.15, 0.2) is 48.5 Å². The molecule has 4 rings (SSSR count). The first kappa shape index (κ1) is 34.7. The van der Waals surface area contributed by atoms with Crippen molar-refractivity contribution in [2.75, 3.05) is 11.9 Å². The molecule has 0 radical (unpaired) electrons. The zero-order valence-electron chi connectivity index (χ0n) is 23.5. The molecule has 0 spiro atoms. The minimum Gasteiger partial charge on any atom is -0.371 e. The molecule has 3 aromatic rings. The Labute approximate surface area is 268 Å². The number of Topliss-reactive ketones (excluding diaryl/α,β-unsaturated/α-hetero) is 2. The Morgan fingerprint density at radius 1 is 0.978 bits per heavy atom. The number of benzene rings is 3. The number of halogens is 9. The second-order valence-corrected chi connectivity index (χ2v) is 12.2. The third-order valence-electron chi connectivity index (χ3n) is 7.36. The van der Waals surface area contributed by atoms with Crippen molar-refractivity contribution in [3.05, 3.63) is 98.8 Å². The van der Waals surface area contributed by atoms with Crippen LogP contribution in [0.3, 0.4) is 0 Å². The third-order valence-corrected chi connectivity index (χ3v) is 8.63. The second-order valence-electron chi connectivity index (χ2n) is 10.4. The quantitative estimate of drug-likeness (QED) is 0.125. The van der Waals surface area contributed by atoms with E-state index in [1.165, 1.54) is 25.1 Å². The fourth-order valence-corrected chi connectivity index (χ4v) is 5.98. The Bertz CT molecular complexity index is 1660. The molecular formula is C31H24Cl3F6NO4. The average Bonchev–Trinajstić information content (AvgIpc) is 3.54. The standard InChI is InChI=1S/C31H24Cl3F6NO4/c1-3-45-14(2)24(42)13-19-22(35)8-5-16(28(19)37)11-25(43)18-12-17(6-7-21(18)32)41-29(44)27-26(30(27,33)34)15-4-9-23(36)20(10-15)31(38,39)40/h4-10,12,14,26-27H,3,11,13H2,1-2H3,(H,41,44)/t14?,26-,27+/m0/s1. The molecule has 240 valence electrons. The van der Waals surface area contributed by atoms with E-state index in [4.69, 9.17) is 39.5 Å². The molecule has 45 heavy (non-hydrogen) atoms. The number of amides is 1. The summed E-state index contributed by atoms with van der Waals surface area (Å²) >= 11 is 18.7. The van der Waals surface area contributed by atoms with E-state index >= 15 is 4.39 Å². The lowest BCUT2D eigenvalue weighted by Crippen LogP contribution is -2.24. The summed E-state index contributed by atoms with van der Waals surface area (Å²) in [5.74, 6) is -7.94. The molecule has 1 fully saturated rings. The fourth-order valence-electron chi connectivity index (χ4n) is 4.93. The molecule has 0 bridgehead atoms. The summed E-state index contributed by atoms with van der Waals surface area (Å²) in [4.78, 5) is 38.5. The van der Waals surface area contributed by atoms with Crippen LogP contribution in [0.1, 0.15) is 52.4 Å². The summed E-state index contributed by atoms with van der Waals surface area (Å²) in [5.41, 5.74) is -2.45. The highest BCUT2D eigenvalue weighted by Gasteiger charge is 2.67. The molecule has 1 aliphatic carbocycles. The predicted octanol–water partition coefficient (Wildman–Crippen LogP) is 8.26. The van der Waals surface area contributed by atoms with E-state index in [-0.39, 0.29) is 34.0 Å². The summed E-state index contributed by atoms with van der Waals surface area (Å²) in [6.07, 6.45) is -7.05. The summed E-state index contributed by atoms with van der Waals surface area (Å²) in [6, 6.07) is 8.01. The average molecular weight is 695 g/mol. The van der Waals surface area contributed by atoms with Crippen LogP contribution in [0.4, 0.5) is 32.0 Å². The lowest BCUT2D eigenvalue weighted by atomic mass is 9.97. The number of carbonyl (C=O) groups is 3. The zero-order valence-corrected chi connectivity index (χ0v) is 25.8. The molecule has 1 saturated carbocycles. The maximum atomic E-state index is 15.2. The van der Waals surface area contributed by atoms with Gasteiger partial charge in [-0.05, 0) is 61.4 Å². The number of rotatable bonds is 11. The highest BCUT2D eigenvalue weighted by Crippen LogP contribution is 2.65. The molecule has 0 aromatic heterocycles. The minimum atomic E-state index is -4.99. The molecule has 0 aliphatic heterocycles. The minimum absolute atomic E-state index is 0.0356. The van der Waals surface area contributed by atoms with E-state index in [9.17, 15) is 36.3 Å². The van der Waals surface area contributed by atoms with Gasteiger partial charge in [-0.1, -0.05) is 23.7 Å². The van der Waals surface area contributed by atoms with E-state index in [0.717, 1.165) is 18.2 Å². The van der Waals surface area contributed by atoms with Crippen molar-refractivity contribution in [1.29, 1.82) is 0 Å². The fraction of sp³-hybridized carbons (Fsp3) is 0.323. The van der Waals surface area contributed by atoms with Gasteiger partial charge in [0.2, 0.25) is 5.91 Å². The lowest BCUT2D eigenvalue weighted by molar-refractivity contribution is -0.140. The van der Waals surface area contributed by atoms with Gasteiger partial charge in [0.25, 0.3) is 0 Å².